The monoisotopic (exact) mass is 1190 g/mol. The van der Waals surface area contributed by atoms with Crippen LogP contribution in [0.5, 0.6) is 0 Å². The molecule has 0 bridgehead atoms. The lowest BCUT2D eigenvalue weighted by atomic mass is 9.96. The van der Waals surface area contributed by atoms with Crippen LogP contribution in [0.25, 0.3) is 10.8 Å². The van der Waals surface area contributed by atoms with E-state index in [4.69, 9.17) is 33.2 Å². The van der Waals surface area contributed by atoms with Crippen molar-refractivity contribution in [2.24, 2.45) is 10.2 Å². The van der Waals surface area contributed by atoms with Crippen molar-refractivity contribution in [3.05, 3.63) is 102 Å². The molecule has 6 rings (SSSR count). The molecule has 0 radical (unpaired) electrons. The minimum Gasteiger partial charge on any atom is -0.463 e. The predicted molar refractivity (Wildman–Crippen MR) is 291 cm³/mol. The van der Waals surface area contributed by atoms with Crippen LogP contribution in [0.3, 0.4) is 0 Å². The lowest BCUT2D eigenvalue weighted by molar-refractivity contribution is -0.319. The summed E-state index contributed by atoms with van der Waals surface area (Å²) in [5, 5.41) is 28.9. The number of hydrogen-bond acceptors (Lipinski definition) is 21. The Labute approximate surface area is 469 Å². The molecule has 0 spiro atoms. The molecule has 1 saturated heterocycles. The summed E-state index contributed by atoms with van der Waals surface area (Å²) in [6, 6.07) is 22.1. The number of halogens is 1. The van der Waals surface area contributed by atoms with Crippen molar-refractivity contribution in [2.45, 2.75) is 93.9 Å². The first kappa shape index (κ1) is 61.7. The smallest absolute Gasteiger partial charge is 0.303 e. The van der Waals surface area contributed by atoms with Crippen LogP contribution in [0.15, 0.2) is 106 Å². The second kappa shape index (κ2) is 28.6. The minimum absolute atomic E-state index is 0.00552. The zero-order valence-corrected chi connectivity index (χ0v) is 47.2. The molecule has 3 amide bonds. The summed E-state index contributed by atoms with van der Waals surface area (Å²) in [6.07, 6.45) is -5.87. The molecule has 1 aromatic heterocycles. The molecule has 0 saturated carbocycles. The zero-order valence-electron chi connectivity index (χ0n) is 44.8. The van der Waals surface area contributed by atoms with Crippen LogP contribution in [-0.2, 0) is 80.3 Å². The van der Waals surface area contributed by atoms with Crippen molar-refractivity contribution in [3.8, 4) is 0 Å². The number of nitrogens with zero attached hydrogens (tertiary/aromatic N) is 6. The van der Waals surface area contributed by atoms with E-state index < -0.39 is 87.7 Å². The van der Waals surface area contributed by atoms with Gasteiger partial charge < -0.3 is 59.3 Å². The van der Waals surface area contributed by atoms with Gasteiger partial charge in [-0.25, -0.2) is 4.68 Å². The molecule has 80 heavy (non-hydrogen) atoms. The number of ether oxygens (including phenoxy) is 7. The molecule has 26 nitrogen and oxygen atoms in total. The summed E-state index contributed by atoms with van der Waals surface area (Å²) in [6.45, 7) is 5.67. The number of alkyl halides is 1. The summed E-state index contributed by atoms with van der Waals surface area (Å²) in [4.78, 5) is 78.4. The van der Waals surface area contributed by atoms with Gasteiger partial charge in [0, 0.05) is 82.6 Å². The number of fused-ring (bicyclic) bond motifs is 1. The molecule has 5 N–H and O–H groups in total. The van der Waals surface area contributed by atoms with Crippen LogP contribution >= 0.6 is 15.9 Å². The molecule has 1 fully saturated rings. The van der Waals surface area contributed by atoms with Gasteiger partial charge in [0.15, 0.2) is 29.1 Å². The fourth-order valence-electron chi connectivity index (χ4n) is 8.05. The third-order valence-corrected chi connectivity index (χ3v) is 13.5. The number of carbonyl (C=O) groups excluding carboxylic acids is 6. The van der Waals surface area contributed by atoms with Gasteiger partial charge in [-0.15, -0.1) is 5.10 Å². The maximum Gasteiger partial charge on any atom is 0.303 e. The molecule has 5 aromatic rings. The first-order chi connectivity index (χ1) is 38.0. The summed E-state index contributed by atoms with van der Waals surface area (Å²) in [7, 11) is -0.627. The van der Waals surface area contributed by atoms with Crippen LogP contribution in [0, 0.1) is 0 Å². The highest BCUT2D eigenvalue weighted by Gasteiger charge is 2.54. The van der Waals surface area contributed by atoms with Crippen LogP contribution in [0.2, 0.25) is 0 Å². The van der Waals surface area contributed by atoms with Crippen molar-refractivity contribution in [1.29, 1.82) is 0 Å². The Morgan fingerprint density at radius 1 is 0.825 bits per heavy atom. The minimum atomic E-state index is -4.53. The van der Waals surface area contributed by atoms with Gasteiger partial charge in [0.2, 0.25) is 11.8 Å². The standard InChI is InChI=1S/C52H63BrN10O16S/c1-31(64)57-45-47(77-34(4)67)46(76-33(3)66)43(30-75-32(2)65)78-49(45)79-51(52(5,53)50(69)55-23-22-54-42-12-8-11-41-40(42)10-9-13-44(41)80(70,71)72)74-27-26-73-25-24-63-29-38(60-61-63)28-56-48(68)35-14-16-36(17-15-35)58-59-37-18-20-39(21-19-37)62(6)7/h8-21,29,43,45-47,49,51,54H,22-28,30H2,1-7H3,(H,55,69)(H,56,68)(H,57,64)(H,70,71,72)/t43-,45-,46-,47-,49+,51-,52+/m1/s1. The van der Waals surface area contributed by atoms with E-state index in [1.807, 2.05) is 43.3 Å². The van der Waals surface area contributed by atoms with Gasteiger partial charge >= 0.3 is 17.9 Å². The van der Waals surface area contributed by atoms with Gasteiger partial charge in [-0.3, -0.25) is 33.3 Å². The van der Waals surface area contributed by atoms with Gasteiger partial charge in [0.1, 0.15) is 29.3 Å². The third kappa shape index (κ3) is 17.8. The van der Waals surface area contributed by atoms with Crippen molar-refractivity contribution in [1.82, 2.24) is 30.9 Å². The van der Waals surface area contributed by atoms with E-state index in [2.05, 4.69) is 57.7 Å². The molecule has 28 heteroatoms. The molecule has 2 heterocycles. The van der Waals surface area contributed by atoms with E-state index in [1.165, 1.54) is 30.7 Å². The number of hydrogen-bond donors (Lipinski definition) is 5. The first-order valence-electron chi connectivity index (χ1n) is 24.9. The van der Waals surface area contributed by atoms with Crippen molar-refractivity contribution in [2.75, 3.05) is 63.8 Å². The Morgan fingerprint density at radius 2 is 1.48 bits per heavy atom. The normalized spacial score (nSPS) is 18.3. The summed E-state index contributed by atoms with van der Waals surface area (Å²) < 4.78 is 74.6. The number of rotatable bonds is 27. The molecular formula is C52H63BrN10O16S. The fourth-order valence-corrected chi connectivity index (χ4v) is 9.14. The van der Waals surface area contributed by atoms with E-state index >= 15 is 0 Å². The Bertz CT molecular complexity index is 3110. The van der Waals surface area contributed by atoms with Crippen LogP contribution in [0.1, 0.15) is 50.7 Å². The Kier molecular flexibility index (Phi) is 22.1. The summed E-state index contributed by atoms with van der Waals surface area (Å²) in [5.41, 5.74) is 3.70. The number of nitrogens with one attached hydrogen (secondary N) is 4. The van der Waals surface area contributed by atoms with Gasteiger partial charge in [-0.2, -0.15) is 18.6 Å². The van der Waals surface area contributed by atoms with Gasteiger partial charge in [0.05, 0.1) is 50.5 Å². The van der Waals surface area contributed by atoms with Gasteiger partial charge in [-0.05, 0) is 67.6 Å². The number of azo groups is 1. The highest BCUT2D eigenvalue weighted by molar-refractivity contribution is 9.10. The Morgan fingerprint density at radius 3 is 2.11 bits per heavy atom. The van der Waals surface area contributed by atoms with Crippen molar-refractivity contribution >= 4 is 95.2 Å². The molecule has 4 aromatic carbocycles. The van der Waals surface area contributed by atoms with E-state index in [0.29, 0.717) is 33.7 Å². The molecule has 1 aliphatic rings. The summed E-state index contributed by atoms with van der Waals surface area (Å²) in [5.74, 6) is -4.03. The first-order valence-corrected chi connectivity index (χ1v) is 27.1. The number of amides is 3. The van der Waals surface area contributed by atoms with Gasteiger partial charge in [-0.1, -0.05) is 45.4 Å². The number of anilines is 2. The largest absolute Gasteiger partial charge is 0.463 e. The third-order valence-electron chi connectivity index (χ3n) is 11.9. The molecule has 7 atom stereocenters. The maximum atomic E-state index is 14.1. The second-order valence-electron chi connectivity index (χ2n) is 18.4. The van der Waals surface area contributed by atoms with Crippen LogP contribution in [0.4, 0.5) is 22.7 Å². The Hall–Kier alpha value is -7.47. The van der Waals surface area contributed by atoms with E-state index in [9.17, 15) is 41.7 Å². The van der Waals surface area contributed by atoms with Crippen molar-refractivity contribution in [3.63, 3.8) is 0 Å². The summed E-state index contributed by atoms with van der Waals surface area (Å²) >= 11 is 3.48. The molecule has 430 valence electrons. The highest BCUT2D eigenvalue weighted by atomic mass is 79.9. The molecule has 0 aliphatic carbocycles. The van der Waals surface area contributed by atoms with E-state index in [0.717, 1.165) is 26.5 Å². The van der Waals surface area contributed by atoms with Crippen LogP contribution < -0.4 is 26.2 Å². The van der Waals surface area contributed by atoms with Gasteiger partial charge in [0.25, 0.3) is 16.0 Å². The highest BCUT2D eigenvalue weighted by Crippen LogP contribution is 2.34. The number of carbonyl (C=O) groups is 6. The number of esters is 3. The van der Waals surface area contributed by atoms with E-state index in [1.54, 1.807) is 54.7 Å². The zero-order chi connectivity index (χ0) is 58.1. The average Bonchev–Trinajstić information content (AvgIpc) is 3.98. The number of benzene rings is 4. The molecule has 0 unspecified atom stereocenters. The SMILES string of the molecule is CC(=O)N[C@H]1[C@H](O[C@@H](OCCOCCn2cc(CNC(=O)c3ccc(N=Nc4ccc(N(C)C)cc4)cc3)nn2)[C@@](C)(Br)C(=O)NCCNc2cccc3c(S(=O)(=O)O)cccc23)O[C@H](COC(C)=O)[C@@H](OC(C)=O)[C@@H]1OC(C)=O. The topological polar surface area (TPSA) is 328 Å². The predicted octanol–water partition coefficient (Wildman–Crippen LogP) is 4.50. The second-order valence-corrected chi connectivity index (χ2v) is 21.4. The lowest BCUT2D eigenvalue weighted by Gasteiger charge is -2.46. The average molecular weight is 1200 g/mol. The van der Waals surface area contributed by atoms with Crippen molar-refractivity contribution < 1.29 is 74.9 Å². The quantitative estimate of drug-likeness (QED) is 0.00919. The lowest BCUT2D eigenvalue weighted by Crippen LogP contribution is -2.67. The van der Waals surface area contributed by atoms with Crippen LogP contribution in [-0.4, -0.2) is 158 Å². The van der Waals surface area contributed by atoms with E-state index in [-0.39, 0.29) is 62.2 Å². The molecule has 1 aliphatic heterocycles. The fraction of sp³-hybridized carbons (Fsp3) is 0.423. The maximum absolute atomic E-state index is 14.1. The Balaban J connectivity index is 1.09. The number of aromatic nitrogens is 3. The molecular weight excluding hydrogens is 1130 g/mol.